The number of benzene rings is 2. The summed E-state index contributed by atoms with van der Waals surface area (Å²) in [5.74, 6) is 4.55. The van der Waals surface area contributed by atoms with Crippen molar-refractivity contribution >= 4 is 34.9 Å². The minimum absolute atomic E-state index is 0.0561. The number of rotatable bonds is 7. The van der Waals surface area contributed by atoms with E-state index in [1.807, 2.05) is 36.9 Å². The number of amides is 2. The molecule has 1 fully saturated rings. The molecule has 38 heavy (non-hydrogen) atoms. The van der Waals surface area contributed by atoms with Crippen molar-refractivity contribution in [2.75, 3.05) is 45.3 Å². The van der Waals surface area contributed by atoms with Gasteiger partial charge in [0.05, 0.1) is 23.8 Å². The van der Waals surface area contributed by atoms with Gasteiger partial charge in [-0.15, -0.1) is 0 Å². The van der Waals surface area contributed by atoms with E-state index >= 15 is 0 Å². The molecule has 0 aliphatic carbocycles. The molecule has 0 aromatic heterocycles. The molecule has 10 heteroatoms. The first-order valence-electron chi connectivity index (χ1n) is 12.9. The summed E-state index contributed by atoms with van der Waals surface area (Å²) in [4.78, 5) is 44.9. The lowest BCUT2D eigenvalue weighted by atomic mass is 9.93. The number of carbonyl (C=O) groups excluding carboxylic acids is 3. The molecule has 2 aliphatic heterocycles. The van der Waals surface area contributed by atoms with Gasteiger partial charge < -0.3 is 19.5 Å². The molecule has 3 atom stereocenters. The number of nitrogens with two attached hydrogens (primary N) is 1. The van der Waals surface area contributed by atoms with Crippen LogP contribution < -0.4 is 15.6 Å². The van der Waals surface area contributed by atoms with Crippen LogP contribution in [0.2, 0.25) is 5.02 Å². The highest BCUT2D eigenvalue weighted by molar-refractivity contribution is 6.38. The molecule has 2 aliphatic rings. The number of hydrogen-bond donors (Lipinski definition) is 1. The van der Waals surface area contributed by atoms with E-state index in [-0.39, 0.29) is 24.5 Å². The average Bonchev–Trinajstić information content (AvgIpc) is 3.19. The van der Waals surface area contributed by atoms with E-state index in [4.69, 9.17) is 22.2 Å². The maximum absolute atomic E-state index is 14.0. The predicted octanol–water partition coefficient (Wildman–Crippen LogP) is 2.91. The molecule has 0 spiro atoms. The van der Waals surface area contributed by atoms with Crippen LogP contribution in [-0.2, 0) is 16.1 Å². The minimum atomic E-state index is -0.752. The lowest BCUT2D eigenvalue weighted by molar-refractivity contribution is -0.143. The third kappa shape index (κ3) is 5.50. The van der Waals surface area contributed by atoms with Gasteiger partial charge in [-0.05, 0) is 50.1 Å². The Kier molecular flexibility index (Phi) is 8.30. The number of fused-ring (bicyclic) bond motifs is 1. The van der Waals surface area contributed by atoms with E-state index in [1.54, 1.807) is 12.1 Å². The lowest BCUT2D eigenvalue weighted by Gasteiger charge is -2.44. The highest BCUT2D eigenvalue weighted by Gasteiger charge is 2.39. The fraction of sp³-hybridized carbons (Fsp3) is 0.464. The second-order valence-electron chi connectivity index (χ2n) is 10.3. The van der Waals surface area contributed by atoms with E-state index in [0.717, 1.165) is 12.1 Å². The summed E-state index contributed by atoms with van der Waals surface area (Å²) < 4.78 is 5.86. The quantitative estimate of drug-likeness (QED) is 0.425. The molecular weight excluding hydrogens is 506 g/mol. The minimum Gasteiger partial charge on any atom is -0.493 e. The van der Waals surface area contributed by atoms with Crippen molar-refractivity contribution < 1.29 is 19.1 Å². The number of hydrogen-bond acceptors (Lipinski definition) is 7. The molecule has 2 amide bonds. The zero-order valence-corrected chi connectivity index (χ0v) is 23.4. The van der Waals surface area contributed by atoms with E-state index in [9.17, 15) is 14.4 Å². The Balaban J connectivity index is 1.61. The van der Waals surface area contributed by atoms with Crippen LogP contribution >= 0.6 is 11.6 Å². The highest BCUT2D eigenvalue weighted by Crippen LogP contribution is 2.40. The molecule has 0 radical (unpaired) electrons. The van der Waals surface area contributed by atoms with E-state index in [1.165, 1.54) is 24.0 Å². The molecule has 2 N–H and O–H groups in total. The summed E-state index contributed by atoms with van der Waals surface area (Å²) in [6.07, 6.45) is 0. The molecule has 204 valence electrons. The summed E-state index contributed by atoms with van der Waals surface area (Å²) in [7, 11) is 3.08. The Morgan fingerprint density at radius 3 is 2.47 bits per heavy atom. The molecule has 2 heterocycles. The van der Waals surface area contributed by atoms with Crippen LogP contribution in [0.25, 0.3) is 0 Å². The van der Waals surface area contributed by atoms with Crippen LogP contribution in [0.15, 0.2) is 36.4 Å². The van der Waals surface area contributed by atoms with Crippen LogP contribution in [0.1, 0.15) is 48.2 Å². The Bertz CT molecular complexity index is 1240. The summed E-state index contributed by atoms with van der Waals surface area (Å²) >= 11 is 6.18. The number of likely N-dealkylation sites (N-methyl/N-ethyl adjacent to an activating group) is 1. The predicted molar refractivity (Wildman–Crippen MR) is 147 cm³/mol. The van der Waals surface area contributed by atoms with Crippen LogP contribution in [0.3, 0.4) is 0 Å². The first-order valence-corrected chi connectivity index (χ1v) is 13.3. The first-order chi connectivity index (χ1) is 18.0. The Morgan fingerprint density at radius 2 is 1.82 bits per heavy atom. The van der Waals surface area contributed by atoms with Gasteiger partial charge in [-0.25, -0.2) is 5.84 Å². The molecule has 0 saturated carbocycles. The van der Waals surface area contributed by atoms with Gasteiger partial charge in [0.1, 0.15) is 5.75 Å². The molecular formula is C28H36ClN5O4. The highest BCUT2D eigenvalue weighted by atomic mass is 35.5. The number of piperazine rings is 1. The lowest BCUT2D eigenvalue weighted by Crippen LogP contribution is -2.57. The zero-order chi connectivity index (χ0) is 27.7. The first kappa shape index (κ1) is 27.9. The summed E-state index contributed by atoms with van der Waals surface area (Å²) in [6, 6.07) is 11.3. The van der Waals surface area contributed by atoms with E-state index in [2.05, 4.69) is 17.9 Å². The van der Waals surface area contributed by atoms with Crippen LogP contribution in [0.5, 0.6) is 5.75 Å². The van der Waals surface area contributed by atoms with E-state index < -0.39 is 17.6 Å². The number of Topliss-reactive ketones (excluding diaryl/α,β-unsaturated/α-hetero) is 1. The fourth-order valence-electron chi connectivity index (χ4n) is 5.27. The Morgan fingerprint density at radius 1 is 1.08 bits per heavy atom. The molecule has 9 nitrogen and oxygen atoms in total. The van der Waals surface area contributed by atoms with Gasteiger partial charge in [-0.3, -0.25) is 19.3 Å². The number of carbonyl (C=O) groups is 3. The normalized spacial score (nSPS) is 21.3. The van der Waals surface area contributed by atoms with Gasteiger partial charge in [0, 0.05) is 63.4 Å². The Hall–Kier alpha value is -3.14. The SMILES string of the molecule is CCOc1cc2c(cc1C(=O)N1C[C@H](C)N(Cc3cccc(Cl)c3)C[C@H]1C)C(C(=O)C(=O)N(C)C)CN2N. The van der Waals surface area contributed by atoms with Crippen LogP contribution in [0.4, 0.5) is 5.69 Å². The van der Waals surface area contributed by atoms with Gasteiger partial charge >= 0.3 is 0 Å². The molecule has 1 unspecified atom stereocenters. The fourth-order valence-corrected chi connectivity index (χ4v) is 5.48. The van der Waals surface area contributed by atoms with Crippen molar-refractivity contribution in [3.05, 3.63) is 58.1 Å². The average molecular weight is 542 g/mol. The monoisotopic (exact) mass is 541 g/mol. The van der Waals surface area contributed by atoms with Crippen molar-refractivity contribution in [2.45, 2.75) is 45.3 Å². The smallest absolute Gasteiger partial charge is 0.290 e. The van der Waals surface area contributed by atoms with Crippen LogP contribution in [-0.4, -0.2) is 84.7 Å². The molecule has 1 saturated heterocycles. The molecule has 0 bridgehead atoms. The summed E-state index contributed by atoms with van der Waals surface area (Å²) in [6.45, 7) is 8.49. The molecule has 4 rings (SSSR count). The van der Waals surface area contributed by atoms with Gasteiger partial charge in [0.15, 0.2) is 0 Å². The van der Waals surface area contributed by atoms with Gasteiger partial charge in [-0.1, -0.05) is 23.7 Å². The number of ketones is 1. The number of hydrazine groups is 1. The Labute approximate surface area is 229 Å². The van der Waals surface area contributed by atoms with Crippen molar-refractivity contribution in [3.8, 4) is 5.75 Å². The van der Waals surface area contributed by atoms with Gasteiger partial charge in [0.2, 0.25) is 5.78 Å². The van der Waals surface area contributed by atoms with Gasteiger partial charge in [0.25, 0.3) is 11.8 Å². The molecule has 2 aromatic carbocycles. The molecule has 2 aromatic rings. The number of halogens is 1. The second kappa shape index (κ2) is 11.3. The standard InChI is InChI=1S/C28H36ClN5O4/c1-6-38-25-12-24-21(23(16-34(24)30)26(35)28(37)31(4)5)11-22(25)27(36)33-14-17(2)32(13-18(33)3)15-19-8-7-9-20(29)10-19/h7-12,17-18,23H,6,13-16,30H2,1-5H3/t17-,18+,23?/m0/s1. The second-order valence-corrected chi connectivity index (χ2v) is 10.8. The van der Waals surface area contributed by atoms with E-state index in [0.29, 0.717) is 47.3 Å². The number of ether oxygens (including phenoxy) is 1. The third-order valence-electron chi connectivity index (χ3n) is 7.31. The number of anilines is 1. The van der Waals surface area contributed by atoms with Gasteiger partial charge in [-0.2, -0.15) is 0 Å². The van der Waals surface area contributed by atoms with Crippen LogP contribution in [0, 0.1) is 0 Å². The van der Waals surface area contributed by atoms with Crippen molar-refractivity contribution in [1.29, 1.82) is 0 Å². The van der Waals surface area contributed by atoms with Crippen molar-refractivity contribution in [3.63, 3.8) is 0 Å². The summed E-state index contributed by atoms with van der Waals surface area (Å²) in [5.41, 5.74) is 2.66. The maximum atomic E-state index is 14.0. The largest absolute Gasteiger partial charge is 0.493 e. The van der Waals surface area contributed by atoms with Crippen molar-refractivity contribution in [1.82, 2.24) is 14.7 Å². The third-order valence-corrected chi connectivity index (χ3v) is 7.54. The topological polar surface area (TPSA) is 99.4 Å². The zero-order valence-electron chi connectivity index (χ0n) is 22.6. The summed E-state index contributed by atoms with van der Waals surface area (Å²) in [5, 5.41) is 2.15. The van der Waals surface area contributed by atoms with Crippen molar-refractivity contribution in [2.24, 2.45) is 5.84 Å². The number of nitrogens with zero attached hydrogens (tertiary/aromatic N) is 4. The maximum Gasteiger partial charge on any atom is 0.290 e.